The molecule has 2 unspecified atom stereocenters. The van der Waals surface area contributed by atoms with Crippen LogP contribution in [0.3, 0.4) is 0 Å². The second kappa shape index (κ2) is 11.0. The van der Waals surface area contributed by atoms with E-state index in [0.29, 0.717) is 0 Å². The second-order valence-corrected chi connectivity index (χ2v) is 21.3. The van der Waals surface area contributed by atoms with Gasteiger partial charge < -0.3 is 0 Å². The number of aromatic nitrogens is 2. The molecule has 0 radical (unpaired) electrons. The van der Waals surface area contributed by atoms with Crippen LogP contribution < -0.4 is 3.58 Å². The van der Waals surface area contributed by atoms with Crippen LogP contribution in [-0.4, -0.2) is 34.3 Å². The molecule has 1 aromatic heterocycles. The van der Waals surface area contributed by atoms with Crippen LogP contribution in [0.4, 0.5) is 4.39 Å². The van der Waals surface area contributed by atoms with Crippen LogP contribution in [-0.2, 0) is 4.74 Å². The molecule has 0 N–H and O–H groups in total. The molecule has 1 saturated heterocycles. The first-order chi connectivity index (χ1) is 12.6. The van der Waals surface area contributed by atoms with Gasteiger partial charge >= 0.3 is 164 Å². The van der Waals surface area contributed by atoms with Gasteiger partial charge in [-0.2, -0.15) is 0 Å². The number of hydrogen-bond acceptors (Lipinski definition) is 2. The summed E-state index contributed by atoms with van der Waals surface area (Å²) in [5.74, 6) is -0.0526. The van der Waals surface area contributed by atoms with Crippen molar-refractivity contribution in [2.45, 2.75) is 111 Å². The van der Waals surface area contributed by atoms with Gasteiger partial charge in [0.15, 0.2) is 0 Å². The van der Waals surface area contributed by atoms with E-state index in [1.165, 1.54) is 51.8 Å². The van der Waals surface area contributed by atoms with Crippen LogP contribution in [0.25, 0.3) is 0 Å². The van der Waals surface area contributed by atoms with Gasteiger partial charge in [-0.1, -0.05) is 0 Å². The van der Waals surface area contributed by atoms with Gasteiger partial charge in [0.1, 0.15) is 0 Å². The van der Waals surface area contributed by atoms with Gasteiger partial charge in [0, 0.05) is 0 Å². The third kappa shape index (κ3) is 5.46. The van der Waals surface area contributed by atoms with E-state index < -0.39 is 18.4 Å². The van der Waals surface area contributed by atoms with Crippen molar-refractivity contribution >= 4 is 22.0 Å². The fourth-order valence-electron chi connectivity index (χ4n) is 4.39. The zero-order chi connectivity index (χ0) is 19.0. The number of hydrogen-bond donors (Lipinski definition) is 0. The van der Waals surface area contributed by atoms with Crippen LogP contribution in [0.2, 0.25) is 13.3 Å². The van der Waals surface area contributed by atoms with E-state index in [-0.39, 0.29) is 18.3 Å². The van der Waals surface area contributed by atoms with Gasteiger partial charge in [-0.25, -0.2) is 0 Å². The van der Waals surface area contributed by atoms with Gasteiger partial charge in [-0.05, 0) is 0 Å². The van der Waals surface area contributed by atoms with Crippen molar-refractivity contribution in [3.63, 3.8) is 0 Å². The first kappa shape index (κ1) is 22.2. The Balaban J connectivity index is 2.33. The minimum absolute atomic E-state index is 0.0526. The number of unbranched alkanes of at least 4 members (excludes halogenated alkanes) is 3. The Kier molecular flexibility index (Phi) is 9.42. The number of rotatable bonds is 11. The van der Waals surface area contributed by atoms with E-state index >= 15 is 4.39 Å². The molecule has 5 heteroatoms. The molecule has 26 heavy (non-hydrogen) atoms. The van der Waals surface area contributed by atoms with Crippen molar-refractivity contribution in [2.75, 3.05) is 0 Å². The van der Waals surface area contributed by atoms with Gasteiger partial charge in [0.05, 0.1) is 0 Å². The molecule has 1 aromatic rings. The molecule has 150 valence electrons. The first-order valence-corrected chi connectivity index (χ1v) is 18.4. The molecule has 0 spiro atoms. The van der Waals surface area contributed by atoms with Crippen molar-refractivity contribution in [2.24, 2.45) is 0 Å². The molecule has 1 aliphatic heterocycles. The van der Waals surface area contributed by atoms with E-state index in [1.54, 1.807) is 4.68 Å². The Labute approximate surface area is 163 Å². The molecule has 0 aromatic carbocycles. The number of nitrogens with zero attached hydrogens (tertiary/aromatic N) is 2. The predicted molar refractivity (Wildman–Crippen MR) is 110 cm³/mol. The van der Waals surface area contributed by atoms with Crippen molar-refractivity contribution in [3.05, 3.63) is 12.1 Å². The Morgan fingerprint density at radius 1 is 1.08 bits per heavy atom. The fraction of sp³-hybridized carbons (Fsp3) is 0.857. The Morgan fingerprint density at radius 2 is 1.65 bits per heavy atom. The van der Waals surface area contributed by atoms with Crippen molar-refractivity contribution in [1.29, 1.82) is 0 Å². The quantitative estimate of drug-likeness (QED) is 0.360. The summed E-state index contributed by atoms with van der Waals surface area (Å²) in [5, 5.41) is 4.53. The molecule has 0 aliphatic carbocycles. The van der Waals surface area contributed by atoms with Crippen LogP contribution >= 0.6 is 0 Å². The molecular weight excluding hydrogens is 434 g/mol. The third-order valence-electron chi connectivity index (χ3n) is 6.06. The summed E-state index contributed by atoms with van der Waals surface area (Å²) in [6.45, 7) is 8.86. The molecule has 1 fully saturated rings. The van der Waals surface area contributed by atoms with E-state index in [4.69, 9.17) is 4.74 Å². The normalized spacial score (nSPS) is 21.3. The van der Waals surface area contributed by atoms with Crippen LogP contribution in [0, 0.1) is 5.95 Å². The summed E-state index contributed by atoms with van der Waals surface area (Å²) in [5.41, 5.74) is 0. The van der Waals surface area contributed by atoms with Crippen molar-refractivity contribution in [1.82, 2.24) is 9.78 Å². The van der Waals surface area contributed by atoms with Crippen LogP contribution in [0.5, 0.6) is 0 Å². The average molecular weight is 473 g/mol. The molecule has 2 atom stereocenters. The van der Waals surface area contributed by atoms with Crippen LogP contribution in [0.15, 0.2) is 6.20 Å². The van der Waals surface area contributed by atoms with Gasteiger partial charge in [-0.3, -0.25) is 0 Å². The number of halogens is 1. The molecule has 1 aliphatic rings. The van der Waals surface area contributed by atoms with E-state index in [2.05, 4.69) is 32.8 Å². The third-order valence-corrected chi connectivity index (χ3v) is 21.5. The van der Waals surface area contributed by atoms with Gasteiger partial charge in [0.25, 0.3) is 0 Å². The monoisotopic (exact) mass is 474 g/mol. The van der Waals surface area contributed by atoms with E-state index in [0.717, 1.165) is 22.8 Å². The Hall–Kier alpha value is -0.101. The first-order valence-electron chi connectivity index (χ1n) is 11.0. The summed E-state index contributed by atoms with van der Waals surface area (Å²) < 4.78 is 28.1. The summed E-state index contributed by atoms with van der Waals surface area (Å²) in [6, 6.07) is 0. The van der Waals surface area contributed by atoms with Crippen LogP contribution in [0.1, 0.15) is 91.7 Å². The van der Waals surface area contributed by atoms with E-state index in [1.807, 2.05) is 6.20 Å². The Bertz CT molecular complexity index is 512. The SMILES string of the molecule is CCC[CH2][Sn]([CH2]CCC)([CH2]CCC)[c]1cnn(C2CCCC(C)O2)c1F. The summed E-state index contributed by atoms with van der Waals surface area (Å²) >= 11 is -2.77. The average Bonchev–Trinajstić information content (AvgIpc) is 3.03. The van der Waals surface area contributed by atoms with Crippen molar-refractivity contribution < 1.29 is 9.13 Å². The van der Waals surface area contributed by atoms with Gasteiger partial charge in [0.2, 0.25) is 0 Å². The maximum absolute atomic E-state index is 15.6. The van der Waals surface area contributed by atoms with Crippen molar-refractivity contribution in [3.8, 4) is 0 Å². The molecule has 2 rings (SSSR count). The van der Waals surface area contributed by atoms with Gasteiger partial charge in [-0.15, -0.1) is 0 Å². The zero-order valence-corrected chi connectivity index (χ0v) is 20.3. The fourth-order valence-corrected chi connectivity index (χ4v) is 20.2. The minimum atomic E-state index is -2.77. The second-order valence-electron chi connectivity index (χ2n) is 8.22. The topological polar surface area (TPSA) is 27.1 Å². The molecule has 0 amide bonds. The predicted octanol–water partition coefficient (Wildman–Crippen LogP) is 6.17. The summed E-state index contributed by atoms with van der Waals surface area (Å²) in [6.07, 6.45) is 12.3. The molecule has 2 heterocycles. The zero-order valence-electron chi connectivity index (χ0n) is 17.4. The standard InChI is InChI=1S/C9H12FN2O.3C4H9.Sn/c1-7-3-2-4-9(13-7)12-8(10)5-6-11-12;3*1-3-4-2;/h6-7,9H,2-4H2,1H3;3*1,3-4H2,2H3;. The summed E-state index contributed by atoms with van der Waals surface area (Å²) in [4.78, 5) is 0. The Morgan fingerprint density at radius 3 is 2.15 bits per heavy atom. The molecular formula is C21H39FN2OSn. The molecule has 0 bridgehead atoms. The maximum atomic E-state index is 15.6. The number of ether oxygens (including phenoxy) is 1. The molecule has 0 saturated carbocycles. The molecule has 3 nitrogen and oxygen atoms in total. The van der Waals surface area contributed by atoms with E-state index in [9.17, 15) is 0 Å². The summed E-state index contributed by atoms with van der Waals surface area (Å²) in [7, 11) is 0.